The van der Waals surface area contributed by atoms with Gasteiger partial charge in [-0.25, -0.2) is 12.8 Å². The van der Waals surface area contributed by atoms with Crippen LogP contribution in [-0.2, 0) is 32.6 Å². The van der Waals surface area contributed by atoms with Crippen LogP contribution >= 0.6 is 0 Å². The van der Waals surface area contributed by atoms with Crippen molar-refractivity contribution >= 4 is 27.5 Å². The fourth-order valence-electron chi connectivity index (χ4n) is 4.82. The van der Waals surface area contributed by atoms with E-state index in [0.717, 1.165) is 22.0 Å². The molecule has 0 heterocycles. The quantitative estimate of drug-likeness (QED) is 0.196. The third-order valence-corrected chi connectivity index (χ3v) is 9.27. The molecular weight excluding hydrogens is 593 g/mol. The first kappa shape index (κ1) is 33.2. The number of ether oxygens (including phenoxy) is 1. The first-order valence-electron chi connectivity index (χ1n) is 14.7. The maximum absolute atomic E-state index is 14.5. The Hall–Kier alpha value is -4.70. The summed E-state index contributed by atoms with van der Waals surface area (Å²) in [5.74, 6) is -0.944. The maximum Gasteiger partial charge on any atom is 0.264 e. The van der Waals surface area contributed by atoms with Gasteiger partial charge in [-0.3, -0.25) is 13.9 Å². The van der Waals surface area contributed by atoms with E-state index in [1.54, 1.807) is 36.4 Å². The van der Waals surface area contributed by atoms with E-state index in [4.69, 9.17) is 4.74 Å². The summed E-state index contributed by atoms with van der Waals surface area (Å²) in [5.41, 5.74) is 1.63. The van der Waals surface area contributed by atoms with E-state index in [9.17, 15) is 22.4 Å². The lowest BCUT2D eigenvalue weighted by Crippen LogP contribution is -2.54. The van der Waals surface area contributed by atoms with Gasteiger partial charge in [0, 0.05) is 19.0 Å². The summed E-state index contributed by atoms with van der Waals surface area (Å²) in [5, 5.41) is 3.01. The zero-order chi connectivity index (χ0) is 32.4. The van der Waals surface area contributed by atoms with Crippen molar-refractivity contribution in [1.82, 2.24) is 10.2 Å². The van der Waals surface area contributed by atoms with Crippen molar-refractivity contribution < 1.29 is 27.1 Å². The Kier molecular flexibility index (Phi) is 11.3. The molecule has 0 fully saturated rings. The van der Waals surface area contributed by atoms with Crippen LogP contribution in [-0.4, -0.2) is 50.9 Å². The number of benzene rings is 4. The average molecular weight is 632 g/mol. The Morgan fingerprint density at radius 3 is 2.11 bits per heavy atom. The zero-order valence-electron chi connectivity index (χ0n) is 25.6. The summed E-state index contributed by atoms with van der Waals surface area (Å²) in [7, 11) is -2.73. The van der Waals surface area contributed by atoms with E-state index >= 15 is 0 Å². The molecule has 2 amide bonds. The molecule has 236 valence electrons. The van der Waals surface area contributed by atoms with Crippen molar-refractivity contribution in [3.8, 4) is 5.75 Å². The molecule has 0 radical (unpaired) electrons. The SMILES string of the molecule is CC[C@H](C)NC(=O)[C@H](Cc1ccccc1)N(Cc1cccc(OC)c1)C(=O)CN(c1ccc(F)cc1)S(=O)(=O)c1ccccc1. The Balaban J connectivity index is 1.81. The van der Waals surface area contributed by atoms with Gasteiger partial charge in [0.15, 0.2) is 0 Å². The molecule has 0 aromatic heterocycles. The van der Waals surface area contributed by atoms with Crippen LogP contribution in [0.1, 0.15) is 31.4 Å². The van der Waals surface area contributed by atoms with Crippen molar-refractivity contribution in [1.29, 1.82) is 0 Å². The third kappa shape index (κ3) is 8.69. The van der Waals surface area contributed by atoms with Crippen molar-refractivity contribution in [2.45, 2.75) is 50.2 Å². The fourth-order valence-corrected chi connectivity index (χ4v) is 6.25. The number of carbonyl (C=O) groups is 2. The van der Waals surface area contributed by atoms with Crippen molar-refractivity contribution in [3.63, 3.8) is 0 Å². The van der Waals surface area contributed by atoms with Crippen molar-refractivity contribution in [2.75, 3.05) is 18.0 Å². The fraction of sp³-hybridized carbons (Fsp3) is 0.257. The number of carbonyl (C=O) groups excluding carboxylic acids is 2. The number of rotatable bonds is 14. The molecule has 0 aliphatic carbocycles. The summed E-state index contributed by atoms with van der Waals surface area (Å²) in [6.45, 7) is 3.21. The first-order valence-corrected chi connectivity index (χ1v) is 16.2. The Bertz CT molecular complexity index is 1670. The van der Waals surface area contributed by atoms with Gasteiger partial charge in [-0.15, -0.1) is 0 Å². The number of halogens is 1. The Labute approximate surface area is 264 Å². The second kappa shape index (κ2) is 15.3. The number of anilines is 1. The molecule has 1 N–H and O–H groups in total. The van der Waals surface area contributed by atoms with Gasteiger partial charge in [0.1, 0.15) is 24.2 Å². The minimum atomic E-state index is -4.26. The van der Waals surface area contributed by atoms with Crippen LogP contribution < -0.4 is 14.4 Å². The summed E-state index contributed by atoms with van der Waals surface area (Å²) in [6.07, 6.45) is 0.877. The molecule has 0 saturated carbocycles. The van der Waals surface area contributed by atoms with Gasteiger partial charge in [0.05, 0.1) is 17.7 Å². The molecule has 0 unspecified atom stereocenters. The minimum Gasteiger partial charge on any atom is -0.497 e. The molecule has 0 saturated heterocycles. The second-order valence-corrected chi connectivity index (χ2v) is 12.6. The van der Waals surface area contributed by atoms with E-state index < -0.39 is 34.3 Å². The van der Waals surface area contributed by atoms with Crippen LogP contribution in [0.4, 0.5) is 10.1 Å². The Morgan fingerprint density at radius 1 is 0.867 bits per heavy atom. The summed E-state index contributed by atoms with van der Waals surface area (Å²) in [4.78, 5) is 29.7. The molecule has 10 heteroatoms. The van der Waals surface area contributed by atoms with Crippen LogP contribution in [0.5, 0.6) is 5.75 Å². The monoisotopic (exact) mass is 631 g/mol. The van der Waals surface area contributed by atoms with Gasteiger partial charge in [-0.1, -0.05) is 67.6 Å². The predicted molar refractivity (Wildman–Crippen MR) is 173 cm³/mol. The first-order chi connectivity index (χ1) is 21.6. The normalized spacial score (nSPS) is 12.5. The molecule has 45 heavy (non-hydrogen) atoms. The topological polar surface area (TPSA) is 96.0 Å². The molecule has 0 aliphatic heterocycles. The molecular formula is C35H38FN3O5S. The number of hydrogen-bond acceptors (Lipinski definition) is 5. The number of methoxy groups -OCH3 is 1. The highest BCUT2D eigenvalue weighted by atomic mass is 32.2. The largest absolute Gasteiger partial charge is 0.497 e. The number of nitrogens with one attached hydrogen (secondary N) is 1. The molecule has 0 aliphatic rings. The standard InChI is InChI=1S/C35H38FN3O5S/c1-4-26(2)37-35(41)33(23-27-12-7-5-8-13-27)38(24-28-14-11-15-31(22-28)44-3)34(40)25-39(30-20-18-29(36)19-21-30)45(42,43)32-16-9-6-10-17-32/h5-22,26,33H,4,23-25H2,1-3H3,(H,37,41)/t26-,33-/m0/s1. The highest BCUT2D eigenvalue weighted by Gasteiger charge is 2.35. The smallest absolute Gasteiger partial charge is 0.264 e. The lowest BCUT2D eigenvalue weighted by molar-refractivity contribution is -0.140. The average Bonchev–Trinajstić information content (AvgIpc) is 3.06. The molecule has 0 bridgehead atoms. The van der Waals surface area contributed by atoms with Crippen LogP contribution in [0.3, 0.4) is 0 Å². The van der Waals surface area contributed by atoms with Gasteiger partial charge in [-0.2, -0.15) is 0 Å². The van der Waals surface area contributed by atoms with E-state index in [1.807, 2.05) is 50.2 Å². The zero-order valence-corrected chi connectivity index (χ0v) is 26.4. The summed E-state index contributed by atoms with van der Waals surface area (Å²) >= 11 is 0. The van der Waals surface area contributed by atoms with Gasteiger partial charge in [0.25, 0.3) is 10.0 Å². The third-order valence-electron chi connectivity index (χ3n) is 7.48. The lowest BCUT2D eigenvalue weighted by Gasteiger charge is -2.34. The van der Waals surface area contributed by atoms with Crippen molar-refractivity contribution in [2.24, 2.45) is 0 Å². The van der Waals surface area contributed by atoms with Crippen LogP contribution in [0, 0.1) is 5.82 Å². The minimum absolute atomic E-state index is 0.00407. The van der Waals surface area contributed by atoms with Gasteiger partial charge < -0.3 is 15.0 Å². The molecule has 4 aromatic carbocycles. The predicted octanol–water partition coefficient (Wildman–Crippen LogP) is 5.58. The summed E-state index contributed by atoms with van der Waals surface area (Å²) in [6, 6.07) is 28.0. The molecule has 4 aromatic rings. The highest BCUT2D eigenvalue weighted by molar-refractivity contribution is 7.92. The molecule has 4 rings (SSSR count). The number of hydrogen-bond donors (Lipinski definition) is 1. The van der Waals surface area contributed by atoms with E-state index in [2.05, 4.69) is 5.32 Å². The molecule has 2 atom stereocenters. The molecule has 8 nitrogen and oxygen atoms in total. The van der Waals surface area contributed by atoms with Crippen LogP contribution in [0.25, 0.3) is 0 Å². The second-order valence-electron chi connectivity index (χ2n) is 10.7. The van der Waals surface area contributed by atoms with E-state index in [0.29, 0.717) is 17.7 Å². The van der Waals surface area contributed by atoms with Crippen LogP contribution in [0.2, 0.25) is 0 Å². The lowest BCUT2D eigenvalue weighted by atomic mass is 10.0. The van der Waals surface area contributed by atoms with E-state index in [1.165, 1.54) is 36.3 Å². The van der Waals surface area contributed by atoms with E-state index in [-0.39, 0.29) is 35.5 Å². The maximum atomic E-state index is 14.5. The number of sulfonamides is 1. The van der Waals surface area contributed by atoms with Crippen LogP contribution in [0.15, 0.2) is 114 Å². The van der Waals surface area contributed by atoms with Gasteiger partial charge in [-0.05, 0) is 73.0 Å². The Morgan fingerprint density at radius 2 is 1.49 bits per heavy atom. The van der Waals surface area contributed by atoms with Gasteiger partial charge >= 0.3 is 0 Å². The molecule has 0 spiro atoms. The van der Waals surface area contributed by atoms with Gasteiger partial charge in [0.2, 0.25) is 11.8 Å². The summed E-state index contributed by atoms with van der Waals surface area (Å²) < 4.78 is 48.2. The number of amides is 2. The van der Waals surface area contributed by atoms with Crippen molar-refractivity contribution in [3.05, 3.63) is 126 Å². The number of nitrogens with zero attached hydrogens (tertiary/aromatic N) is 2. The highest BCUT2D eigenvalue weighted by Crippen LogP contribution is 2.26.